The monoisotopic (exact) mass is 234 g/mol. The molecule has 0 atom stereocenters. The number of aromatic hydroxyl groups is 2. The fourth-order valence-corrected chi connectivity index (χ4v) is 1.34. The minimum atomic E-state index is -0.214. The Morgan fingerprint density at radius 3 is 2.41 bits per heavy atom. The van der Waals surface area contributed by atoms with E-state index in [-0.39, 0.29) is 22.8 Å². The van der Waals surface area contributed by atoms with Gasteiger partial charge < -0.3 is 14.7 Å². The van der Waals surface area contributed by atoms with Crippen LogP contribution in [-0.2, 0) is 5.41 Å². The average Bonchev–Trinajstić information content (AvgIpc) is 2.65. The minimum absolute atomic E-state index is 0.0122. The maximum absolute atomic E-state index is 9.67. The van der Waals surface area contributed by atoms with Crippen LogP contribution in [0.2, 0.25) is 0 Å². The number of benzene rings is 1. The summed E-state index contributed by atoms with van der Waals surface area (Å²) < 4.78 is 5.10. The molecule has 17 heavy (non-hydrogen) atoms. The molecule has 0 aliphatic rings. The van der Waals surface area contributed by atoms with Crippen molar-refractivity contribution < 1.29 is 14.7 Å². The van der Waals surface area contributed by atoms with Crippen molar-refractivity contribution in [3.05, 3.63) is 24.0 Å². The zero-order valence-corrected chi connectivity index (χ0v) is 9.93. The van der Waals surface area contributed by atoms with Gasteiger partial charge in [-0.1, -0.05) is 25.9 Å². The Kier molecular flexibility index (Phi) is 2.53. The van der Waals surface area contributed by atoms with Gasteiger partial charge in [0.25, 0.3) is 5.89 Å². The molecule has 5 heteroatoms. The summed E-state index contributed by atoms with van der Waals surface area (Å²) in [5.41, 5.74) is 0.194. The number of hydrogen-bond acceptors (Lipinski definition) is 5. The summed E-state index contributed by atoms with van der Waals surface area (Å²) >= 11 is 0. The van der Waals surface area contributed by atoms with Gasteiger partial charge in [-0.15, -0.1) is 0 Å². The molecule has 0 aliphatic carbocycles. The summed E-state index contributed by atoms with van der Waals surface area (Å²) in [7, 11) is 0. The van der Waals surface area contributed by atoms with E-state index < -0.39 is 0 Å². The van der Waals surface area contributed by atoms with Crippen molar-refractivity contribution >= 4 is 0 Å². The van der Waals surface area contributed by atoms with Gasteiger partial charge in [-0.05, 0) is 12.1 Å². The predicted octanol–water partition coefficient (Wildman–Crippen LogP) is 2.45. The van der Waals surface area contributed by atoms with Crippen LogP contribution >= 0.6 is 0 Å². The summed E-state index contributed by atoms with van der Waals surface area (Å²) in [6.07, 6.45) is 0. The normalized spacial score (nSPS) is 11.7. The maximum atomic E-state index is 9.67. The molecule has 1 aromatic carbocycles. The smallest absolute Gasteiger partial charge is 0.261 e. The highest BCUT2D eigenvalue weighted by Crippen LogP contribution is 2.32. The first-order chi connectivity index (χ1) is 7.88. The van der Waals surface area contributed by atoms with Crippen LogP contribution in [0.3, 0.4) is 0 Å². The number of nitrogens with zero attached hydrogens (tertiary/aromatic N) is 2. The first-order valence-electron chi connectivity index (χ1n) is 5.24. The second-order valence-electron chi connectivity index (χ2n) is 4.87. The van der Waals surface area contributed by atoms with Gasteiger partial charge in [-0.25, -0.2) is 0 Å². The molecule has 2 aromatic rings. The molecule has 90 valence electrons. The van der Waals surface area contributed by atoms with Gasteiger partial charge in [0.1, 0.15) is 11.5 Å². The van der Waals surface area contributed by atoms with Crippen molar-refractivity contribution in [3.63, 3.8) is 0 Å². The van der Waals surface area contributed by atoms with E-state index in [1.54, 1.807) is 0 Å². The van der Waals surface area contributed by atoms with Crippen molar-refractivity contribution in [3.8, 4) is 23.0 Å². The number of aromatic nitrogens is 2. The lowest BCUT2D eigenvalue weighted by Crippen LogP contribution is -2.13. The molecule has 0 saturated carbocycles. The van der Waals surface area contributed by atoms with Gasteiger partial charge in [-0.2, -0.15) is 4.98 Å². The molecule has 0 saturated heterocycles. The Morgan fingerprint density at radius 2 is 1.88 bits per heavy atom. The third-order valence-corrected chi connectivity index (χ3v) is 2.31. The second-order valence-corrected chi connectivity index (χ2v) is 4.87. The zero-order valence-electron chi connectivity index (χ0n) is 9.93. The molecule has 0 fully saturated rings. The largest absolute Gasteiger partial charge is 0.508 e. The predicted molar refractivity (Wildman–Crippen MR) is 61.8 cm³/mol. The van der Waals surface area contributed by atoms with Crippen LogP contribution in [0.15, 0.2) is 22.7 Å². The average molecular weight is 234 g/mol. The Balaban J connectivity index is 2.44. The fourth-order valence-electron chi connectivity index (χ4n) is 1.34. The third kappa shape index (κ3) is 2.22. The SMILES string of the molecule is CC(C)(C)c1noc(-c2ccc(O)cc2O)n1. The molecular formula is C12H14N2O3. The van der Waals surface area contributed by atoms with E-state index in [0.717, 1.165) is 0 Å². The van der Waals surface area contributed by atoms with Gasteiger partial charge in [-0.3, -0.25) is 0 Å². The van der Waals surface area contributed by atoms with Crippen molar-refractivity contribution in [1.29, 1.82) is 0 Å². The number of rotatable bonds is 1. The van der Waals surface area contributed by atoms with E-state index in [1.807, 2.05) is 20.8 Å². The van der Waals surface area contributed by atoms with Gasteiger partial charge in [0.2, 0.25) is 0 Å². The lowest BCUT2D eigenvalue weighted by atomic mass is 9.96. The quantitative estimate of drug-likeness (QED) is 0.792. The molecule has 0 aliphatic heterocycles. The molecule has 0 bridgehead atoms. The van der Waals surface area contributed by atoms with Crippen LogP contribution in [0.4, 0.5) is 0 Å². The van der Waals surface area contributed by atoms with E-state index in [9.17, 15) is 10.2 Å². The molecule has 2 rings (SSSR count). The minimum Gasteiger partial charge on any atom is -0.508 e. The van der Waals surface area contributed by atoms with E-state index >= 15 is 0 Å². The molecule has 1 aromatic heterocycles. The van der Waals surface area contributed by atoms with E-state index in [4.69, 9.17) is 4.52 Å². The Labute approximate surface area is 98.7 Å². The molecule has 1 heterocycles. The summed E-state index contributed by atoms with van der Waals surface area (Å²) in [6, 6.07) is 4.22. The number of phenols is 2. The van der Waals surface area contributed by atoms with Crippen molar-refractivity contribution in [2.75, 3.05) is 0 Å². The summed E-state index contributed by atoms with van der Waals surface area (Å²) in [5, 5.41) is 22.7. The molecule has 0 spiro atoms. The van der Waals surface area contributed by atoms with Crippen molar-refractivity contribution in [2.45, 2.75) is 26.2 Å². The van der Waals surface area contributed by atoms with E-state index in [1.165, 1.54) is 18.2 Å². The molecule has 5 nitrogen and oxygen atoms in total. The van der Waals surface area contributed by atoms with Crippen LogP contribution in [-0.4, -0.2) is 20.4 Å². The van der Waals surface area contributed by atoms with Crippen LogP contribution < -0.4 is 0 Å². The first-order valence-corrected chi connectivity index (χ1v) is 5.24. The van der Waals surface area contributed by atoms with Gasteiger partial charge in [0, 0.05) is 11.5 Å². The van der Waals surface area contributed by atoms with E-state index in [2.05, 4.69) is 10.1 Å². The summed E-state index contributed by atoms with van der Waals surface area (Å²) in [5.74, 6) is 0.711. The topological polar surface area (TPSA) is 79.4 Å². The lowest BCUT2D eigenvalue weighted by molar-refractivity contribution is 0.399. The summed E-state index contributed by atoms with van der Waals surface area (Å²) in [6.45, 7) is 5.91. The van der Waals surface area contributed by atoms with Crippen molar-refractivity contribution in [2.24, 2.45) is 0 Å². The van der Waals surface area contributed by atoms with Crippen LogP contribution in [0.5, 0.6) is 11.5 Å². The maximum Gasteiger partial charge on any atom is 0.261 e. The van der Waals surface area contributed by atoms with Gasteiger partial charge in [0.15, 0.2) is 5.82 Å². The standard InChI is InChI=1S/C12H14N2O3/c1-12(2,3)11-13-10(17-14-11)8-5-4-7(15)6-9(8)16/h4-6,15-16H,1-3H3. The van der Waals surface area contributed by atoms with Gasteiger partial charge in [0.05, 0.1) is 5.56 Å². The Hall–Kier alpha value is -2.04. The summed E-state index contributed by atoms with van der Waals surface area (Å²) in [4.78, 5) is 4.22. The molecule has 0 radical (unpaired) electrons. The second kappa shape index (κ2) is 3.76. The van der Waals surface area contributed by atoms with Crippen LogP contribution in [0.25, 0.3) is 11.5 Å². The van der Waals surface area contributed by atoms with Crippen LogP contribution in [0, 0.1) is 0 Å². The Bertz CT molecular complexity index is 541. The Morgan fingerprint density at radius 1 is 1.18 bits per heavy atom. The van der Waals surface area contributed by atoms with E-state index in [0.29, 0.717) is 11.4 Å². The molecule has 2 N–H and O–H groups in total. The highest BCUT2D eigenvalue weighted by molar-refractivity contribution is 5.63. The number of phenolic OH excluding ortho intramolecular Hbond substituents is 2. The zero-order chi connectivity index (χ0) is 12.6. The lowest BCUT2D eigenvalue weighted by Gasteiger charge is -2.10. The fraction of sp³-hybridized carbons (Fsp3) is 0.333. The number of hydrogen-bond donors (Lipinski definition) is 2. The highest BCUT2D eigenvalue weighted by Gasteiger charge is 2.22. The molecule has 0 unspecified atom stereocenters. The highest BCUT2D eigenvalue weighted by atomic mass is 16.5. The van der Waals surface area contributed by atoms with Crippen molar-refractivity contribution in [1.82, 2.24) is 10.1 Å². The van der Waals surface area contributed by atoms with Crippen LogP contribution in [0.1, 0.15) is 26.6 Å². The van der Waals surface area contributed by atoms with Gasteiger partial charge >= 0.3 is 0 Å². The molecular weight excluding hydrogens is 220 g/mol. The third-order valence-electron chi connectivity index (χ3n) is 2.31. The molecule has 0 amide bonds. The first kappa shape index (κ1) is 11.4.